The van der Waals surface area contributed by atoms with E-state index in [0.29, 0.717) is 25.9 Å². The molecule has 1 aromatic heterocycles. The summed E-state index contributed by atoms with van der Waals surface area (Å²) in [6.07, 6.45) is 5.63. The third kappa shape index (κ3) is 6.20. The third-order valence-corrected chi connectivity index (χ3v) is 3.46. The van der Waals surface area contributed by atoms with Gasteiger partial charge in [0.1, 0.15) is 12.7 Å². The molecule has 0 fully saturated rings. The number of rotatable bonds is 9. The van der Waals surface area contributed by atoms with E-state index in [4.69, 9.17) is 0 Å². The van der Waals surface area contributed by atoms with Crippen LogP contribution in [0.4, 0.5) is 5.69 Å². The van der Waals surface area contributed by atoms with Gasteiger partial charge >= 0.3 is 0 Å². The fraction of sp³-hybridized carbons (Fsp3) is 0.412. The number of aromatic nitrogens is 3. The predicted molar refractivity (Wildman–Crippen MR) is 91.1 cm³/mol. The van der Waals surface area contributed by atoms with E-state index in [0.717, 1.165) is 24.1 Å². The van der Waals surface area contributed by atoms with Crippen molar-refractivity contribution < 1.29 is 9.59 Å². The van der Waals surface area contributed by atoms with Crippen LogP contribution in [0, 0.1) is 0 Å². The molecule has 0 atom stereocenters. The Morgan fingerprint density at radius 2 is 1.92 bits per heavy atom. The van der Waals surface area contributed by atoms with Crippen molar-refractivity contribution in [1.82, 2.24) is 20.1 Å². The second-order valence-corrected chi connectivity index (χ2v) is 5.53. The zero-order valence-electron chi connectivity index (χ0n) is 13.9. The molecule has 0 radical (unpaired) electrons. The highest BCUT2D eigenvalue weighted by Gasteiger charge is 2.03. The summed E-state index contributed by atoms with van der Waals surface area (Å²) >= 11 is 0. The Kier molecular flexibility index (Phi) is 6.94. The molecule has 2 amide bonds. The lowest BCUT2D eigenvalue weighted by molar-refractivity contribution is -0.121. The number of carbonyl (C=O) groups excluding carboxylic acids is 2. The minimum Gasteiger partial charge on any atom is -0.352 e. The lowest BCUT2D eigenvalue weighted by atomic mass is 10.2. The monoisotopic (exact) mass is 329 g/mol. The van der Waals surface area contributed by atoms with Gasteiger partial charge in [-0.05, 0) is 30.5 Å². The Morgan fingerprint density at radius 1 is 1.12 bits per heavy atom. The predicted octanol–water partition coefficient (Wildman–Crippen LogP) is 2.11. The molecule has 2 aromatic rings. The van der Waals surface area contributed by atoms with Crippen molar-refractivity contribution in [2.75, 3.05) is 5.32 Å². The summed E-state index contributed by atoms with van der Waals surface area (Å²) in [7, 11) is 0. The molecule has 2 rings (SSSR count). The smallest absolute Gasteiger partial charge is 0.224 e. The van der Waals surface area contributed by atoms with Crippen molar-refractivity contribution >= 4 is 17.5 Å². The van der Waals surface area contributed by atoms with E-state index < -0.39 is 0 Å². The molecule has 0 aliphatic rings. The Bertz CT molecular complexity index is 638. The SMILES string of the molecule is CCCC(=O)Nc1ccc(CNC(=O)CCCn2cncn2)cc1. The van der Waals surface area contributed by atoms with E-state index in [1.54, 1.807) is 11.0 Å². The van der Waals surface area contributed by atoms with Gasteiger partial charge in [0.2, 0.25) is 11.8 Å². The maximum atomic E-state index is 11.8. The van der Waals surface area contributed by atoms with Gasteiger partial charge in [-0.25, -0.2) is 4.98 Å². The molecule has 1 heterocycles. The molecule has 0 aliphatic carbocycles. The Morgan fingerprint density at radius 3 is 2.58 bits per heavy atom. The molecule has 0 spiro atoms. The molecule has 0 saturated heterocycles. The fourth-order valence-electron chi connectivity index (χ4n) is 2.20. The maximum Gasteiger partial charge on any atom is 0.224 e. The summed E-state index contributed by atoms with van der Waals surface area (Å²) in [4.78, 5) is 27.2. The van der Waals surface area contributed by atoms with Crippen molar-refractivity contribution in [3.63, 3.8) is 0 Å². The Balaban J connectivity index is 1.67. The molecule has 128 valence electrons. The van der Waals surface area contributed by atoms with Crippen LogP contribution < -0.4 is 10.6 Å². The molecule has 7 heteroatoms. The molecular formula is C17H23N5O2. The molecule has 24 heavy (non-hydrogen) atoms. The van der Waals surface area contributed by atoms with Crippen molar-refractivity contribution in [2.45, 2.75) is 45.7 Å². The number of anilines is 1. The van der Waals surface area contributed by atoms with Crippen LogP contribution in [0.25, 0.3) is 0 Å². The molecule has 0 bridgehead atoms. The lowest BCUT2D eigenvalue weighted by Crippen LogP contribution is -2.22. The van der Waals surface area contributed by atoms with E-state index in [-0.39, 0.29) is 11.8 Å². The summed E-state index contributed by atoms with van der Waals surface area (Å²) in [6, 6.07) is 7.49. The molecule has 0 saturated carbocycles. The maximum absolute atomic E-state index is 11.8. The molecule has 2 N–H and O–H groups in total. The normalized spacial score (nSPS) is 10.4. The van der Waals surface area contributed by atoms with Crippen molar-refractivity contribution in [3.8, 4) is 0 Å². The molecule has 0 unspecified atom stereocenters. The van der Waals surface area contributed by atoms with Crippen LogP contribution in [0.3, 0.4) is 0 Å². The minimum atomic E-state index is 0.00967. The van der Waals surface area contributed by atoms with Gasteiger partial charge in [-0.2, -0.15) is 5.10 Å². The molecule has 7 nitrogen and oxygen atoms in total. The number of benzene rings is 1. The topological polar surface area (TPSA) is 88.9 Å². The van der Waals surface area contributed by atoms with Gasteiger partial charge in [0.15, 0.2) is 0 Å². The van der Waals surface area contributed by atoms with Crippen LogP contribution in [0.2, 0.25) is 0 Å². The van der Waals surface area contributed by atoms with E-state index in [1.165, 1.54) is 6.33 Å². The first-order valence-corrected chi connectivity index (χ1v) is 8.15. The van der Waals surface area contributed by atoms with Crippen molar-refractivity contribution in [1.29, 1.82) is 0 Å². The zero-order chi connectivity index (χ0) is 17.2. The van der Waals surface area contributed by atoms with Gasteiger partial charge in [-0.1, -0.05) is 19.1 Å². The highest BCUT2D eigenvalue weighted by Crippen LogP contribution is 2.10. The average molecular weight is 329 g/mol. The van der Waals surface area contributed by atoms with Crippen LogP contribution in [0.5, 0.6) is 0 Å². The highest BCUT2D eigenvalue weighted by molar-refractivity contribution is 5.90. The van der Waals surface area contributed by atoms with Gasteiger partial charge in [-0.3, -0.25) is 14.3 Å². The number of aryl methyl sites for hydroxylation is 1. The quantitative estimate of drug-likeness (QED) is 0.737. The summed E-state index contributed by atoms with van der Waals surface area (Å²) in [5.41, 5.74) is 1.77. The third-order valence-electron chi connectivity index (χ3n) is 3.46. The lowest BCUT2D eigenvalue weighted by Gasteiger charge is -2.08. The minimum absolute atomic E-state index is 0.00967. The second kappa shape index (κ2) is 9.44. The average Bonchev–Trinajstić information content (AvgIpc) is 3.08. The molecule has 1 aromatic carbocycles. The van der Waals surface area contributed by atoms with E-state index >= 15 is 0 Å². The summed E-state index contributed by atoms with van der Waals surface area (Å²) in [5, 5.41) is 9.72. The largest absolute Gasteiger partial charge is 0.352 e. The zero-order valence-corrected chi connectivity index (χ0v) is 13.9. The van der Waals surface area contributed by atoms with E-state index in [9.17, 15) is 9.59 Å². The van der Waals surface area contributed by atoms with Crippen LogP contribution in [0.15, 0.2) is 36.9 Å². The number of nitrogens with zero attached hydrogens (tertiary/aromatic N) is 3. The number of carbonyl (C=O) groups is 2. The summed E-state index contributed by atoms with van der Waals surface area (Å²) in [6.45, 7) is 3.13. The number of nitrogens with one attached hydrogen (secondary N) is 2. The van der Waals surface area contributed by atoms with Crippen LogP contribution in [-0.2, 0) is 22.7 Å². The fourth-order valence-corrected chi connectivity index (χ4v) is 2.20. The standard InChI is InChI=1S/C17H23N5O2/c1-2-4-17(24)21-15-8-6-14(7-9-15)11-19-16(23)5-3-10-22-13-18-12-20-22/h6-9,12-13H,2-5,10-11H2,1H3,(H,19,23)(H,21,24). The van der Waals surface area contributed by atoms with E-state index in [1.807, 2.05) is 31.2 Å². The van der Waals surface area contributed by atoms with Crippen molar-refractivity contribution in [2.24, 2.45) is 0 Å². The first-order chi connectivity index (χ1) is 11.7. The first-order valence-electron chi connectivity index (χ1n) is 8.15. The van der Waals surface area contributed by atoms with Gasteiger partial charge in [0.25, 0.3) is 0 Å². The Hall–Kier alpha value is -2.70. The van der Waals surface area contributed by atoms with Crippen LogP contribution >= 0.6 is 0 Å². The molecular weight excluding hydrogens is 306 g/mol. The van der Waals surface area contributed by atoms with Crippen molar-refractivity contribution in [3.05, 3.63) is 42.5 Å². The van der Waals surface area contributed by atoms with Gasteiger partial charge in [0, 0.05) is 31.6 Å². The summed E-state index contributed by atoms with van der Waals surface area (Å²) in [5.74, 6) is 0.0291. The van der Waals surface area contributed by atoms with Crippen LogP contribution in [-0.4, -0.2) is 26.6 Å². The van der Waals surface area contributed by atoms with E-state index in [2.05, 4.69) is 20.7 Å². The summed E-state index contributed by atoms with van der Waals surface area (Å²) < 4.78 is 1.71. The number of hydrogen-bond acceptors (Lipinski definition) is 4. The number of hydrogen-bond donors (Lipinski definition) is 2. The first kappa shape index (κ1) is 17.7. The van der Waals surface area contributed by atoms with Gasteiger partial charge in [-0.15, -0.1) is 0 Å². The Labute approximate surface area is 141 Å². The molecule has 0 aliphatic heterocycles. The highest BCUT2D eigenvalue weighted by atomic mass is 16.2. The van der Waals surface area contributed by atoms with Crippen LogP contribution in [0.1, 0.15) is 38.2 Å². The van der Waals surface area contributed by atoms with Gasteiger partial charge < -0.3 is 10.6 Å². The van der Waals surface area contributed by atoms with Gasteiger partial charge in [0.05, 0.1) is 0 Å². The number of amides is 2. The second-order valence-electron chi connectivity index (χ2n) is 5.53.